The van der Waals surface area contributed by atoms with Crippen molar-refractivity contribution in [3.8, 4) is 0 Å². The number of hydrogen-bond acceptors (Lipinski definition) is 2. The van der Waals surface area contributed by atoms with Crippen molar-refractivity contribution < 1.29 is 0 Å². The number of thiol groups is 1. The molecule has 0 aromatic rings. The summed E-state index contributed by atoms with van der Waals surface area (Å²) in [7, 11) is 1.85. The third-order valence-corrected chi connectivity index (χ3v) is 1.31. The Morgan fingerprint density at radius 2 is 2.00 bits per heavy atom. The fraction of sp³-hybridized carbons (Fsp3) is 0.667. The first-order chi connectivity index (χ1) is 3.48. The van der Waals surface area contributed by atoms with Crippen LogP contribution in [0.5, 0.6) is 0 Å². The second-order valence-electron chi connectivity index (χ2n) is 2.29. The summed E-state index contributed by atoms with van der Waals surface area (Å²) >= 11 is 4.27. The van der Waals surface area contributed by atoms with Crippen LogP contribution in [0.1, 0.15) is 13.8 Å². The van der Waals surface area contributed by atoms with Gasteiger partial charge in [0, 0.05) is 17.5 Å². The summed E-state index contributed by atoms with van der Waals surface area (Å²) in [5.41, 5.74) is 0.945. The Kier molecular flexibility index (Phi) is 2.41. The van der Waals surface area contributed by atoms with Crippen molar-refractivity contribution in [1.29, 1.82) is 0 Å². The molecule has 8 heavy (non-hydrogen) atoms. The predicted molar refractivity (Wildman–Crippen MR) is 41.3 cm³/mol. The second kappa shape index (κ2) is 2.44. The summed E-state index contributed by atoms with van der Waals surface area (Å²) < 4.78 is -0.102. The lowest BCUT2D eigenvalue weighted by atomic mass is 10.1. The minimum Gasteiger partial charge on any atom is -0.391 e. The predicted octanol–water partition coefficient (Wildman–Crippen LogP) is 1.43. The first kappa shape index (κ1) is 7.89. The molecule has 0 bridgehead atoms. The van der Waals surface area contributed by atoms with Crippen molar-refractivity contribution in [1.82, 2.24) is 5.32 Å². The van der Waals surface area contributed by atoms with Gasteiger partial charge in [0.15, 0.2) is 0 Å². The molecular formula is C6H13NS. The lowest BCUT2D eigenvalue weighted by molar-refractivity contribution is 0.761. The summed E-state index contributed by atoms with van der Waals surface area (Å²) in [6, 6.07) is 0. The van der Waals surface area contributed by atoms with Gasteiger partial charge in [0.2, 0.25) is 0 Å². The molecule has 0 saturated carbocycles. The topological polar surface area (TPSA) is 12.0 Å². The van der Waals surface area contributed by atoms with Gasteiger partial charge in [0.05, 0.1) is 0 Å². The highest BCUT2D eigenvalue weighted by Gasteiger charge is 2.13. The van der Waals surface area contributed by atoms with E-state index in [1.807, 2.05) is 20.9 Å². The second-order valence-corrected chi connectivity index (χ2v) is 3.41. The molecule has 1 N–H and O–H groups in total. The van der Waals surface area contributed by atoms with Gasteiger partial charge in [0.1, 0.15) is 0 Å². The Hall–Kier alpha value is -0.110. The SMILES string of the molecule is C=C(NC)C(C)(C)S. The van der Waals surface area contributed by atoms with Crippen LogP contribution >= 0.6 is 12.6 Å². The average Bonchev–Trinajstić information content (AvgIpc) is 1.62. The van der Waals surface area contributed by atoms with Gasteiger partial charge >= 0.3 is 0 Å². The maximum Gasteiger partial charge on any atom is 0.0462 e. The molecule has 0 aliphatic rings. The maximum atomic E-state index is 4.27. The minimum atomic E-state index is -0.102. The highest BCUT2D eigenvalue weighted by molar-refractivity contribution is 7.82. The first-order valence-corrected chi connectivity index (χ1v) is 3.02. The molecule has 0 aromatic carbocycles. The van der Waals surface area contributed by atoms with Crippen LogP contribution in [0.15, 0.2) is 12.3 Å². The van der Waals surface area contributed by atoms with Crippen molar-refractivity contribution in [3.63, 3.8) is 0 Å². The highest BCUT2D eigenvalue weighted by Crippen LogP contribution is 2.17. The molecule has 0 spiro atoms. The Morgan fingerprint density at radius 3 is 2.00 bits per heavy atom. The van der Waals surface area contributed by atoms with E-state index < -0.39 is 0 Å². The molecular weight excluding hydrogens is 118 g/mol. The summed E-state index contributed by atoms with van der Waals surface area (Å²) in [5, 5.41) is 2.93. The Morgan fingerprint density at radius 1 is 1.62 bits per heavy atom. The zero-order valence-corrected chi connectivity index (χ0v) is 6.55. The fourth-order valence-corrected chi connectivity index (χ4v) is 0.418. The van der Waals surface area contributed by atoms with Crippen LogP contribution in [0.4, 0.5) is 0 Å². The molecule has 0 aromatic heterocycles. The summed E-state index contributed by atoms with van der Waals surface area (Å²) in [6.45, 7) is 7.75. The van der Waals surface area contributed by atoms with Gasteiger partial charge in [-0.05, 0) is 13.8 Å². The molecule has 0 unspecified atom stereocenters. The van der Waals surface area contributed by atoms with Crippen molar-refractivity contribution >= 4 is 12.6 Å². The fourth-order valence-electron chi connectivity index (χ4n) is 0.306. The lowest BCUT2D eigenvalue weighted by Crippen LogP contribution is -2.23. The van der Waals surface area contributed by atoms with Crippen LogP contribution in [-0.4, -0.2) is 11.8 Å². The lowest BCUT2D eigenvalue weighted by Gasteiger charge is -2.19. The van der Waals surface area contributed by atoms with E-state index in [-0.39, 0.29) is 4.75 Å². The van der Waals surface area contributed by atoms with Crippen LogP contribution in [0.2, 0.25) is 0 Å². The quantitative estimate of drug-likeness (QED) is 0.540. The van der Waals surface area contributed by atoms with Gasteiger partial charge in [-0.2, -0.15) is 12.6 Å². The maximum absolute atomic E-state index is 4.27. The summed E-state index contributed by atoms with van der Waals surface area (Å²) in [6.07, 6.45) is 0. The zero-order valence-electron chi connectivity index (χ0n) is 5.65. The van der Waals surface area contributed by atoms with E-state index in [9.17, 15) is 0 Å². The smallest absolute Gasteiger partial charge is 0.0462 e. The summed E-state index contributed by atoms with van der Waals surface area (Å²) in [4.78, 5) is 0. The molecule has 0 saturated heterocycles. The Balaban J connectivity index is 3.82. The van der Waals surface area contributed by atoms with Gasteiger partial charge < -0.3 is 5.32 Å². The molecule has 0 radical (unpaired) electrons. The number of hydrogen-bond donors (Lipinski definition) is 2. The van der Waals surface area contributed by atoms with E-state index in [4.69, 9.17) is 0 Å². The first-order valence-electron chi connectivity index (χ1n) is 2.58. The molecule has 0 atom stereocenters. The molecule has 2 heteroatoms. The van der Waals surface area contributed by atoms with Crippen LogP contribution < -0.4 is 5.32 Å². The van der Waals surface area contributed by atoms with Crippen molar-refractivity contribution in [2.75, 3.05) is 7.05 Å². The van der Waals surface area contributed by atoms with E-state index in [1.165, 1.54) is 0 Å². The number of nitrogens with one attached hydrogen (secondary N) is 1. The largest absolute Gasteiger partial charge is 0.391 e. The molecule has 0 rings (SSSR count). The van der Waals surface area contributed by atoms with Crippen LogP contribution in [0, 0.1) is 0 Å². The summed E-state index contributed by atoms with van der Waals surface area (Å²) in [5.74, 6) is 0. The van der Waals surface area contributed by atoms with Gasteiger partial charge in [-0.15, -0.1) is 0 Å². The van der Waals surface area contributed by atoms with E-state index >= 15 is 0 Å². The van der Waals surface area contributed by atoms with Crippen molar-refractivity contribution in [3.05, 3.63) is 12.3 Å². The third-order valence-electron chi connectivity index (χ3n) is 1.04. The zero-order chi connectivity index (χ0) is 6.78. The molecule has 0 aliphatic carbocycles. The van der Waals surface area contributed by atoms with Gasteiger partial charge in [0.25, 0.3) is 0 Å². The normalized spacial score (nSPS) is 11.0. The minimum absolute atomic E-state index is 0.102. The van der Waals surface area contributed by atoms with Crippen molar-refractivity contribution in [2.45, 2.75) is 18.6 Å². The van der Waals surface area contributed by atoms with Crippen LogP contribution in [0.3, 0.4) is 0 Å². The Labute approximate surface area is 56.6 Å². The van der Waals surface area contributed by atoms with E-state index in [0.717, 1.165) is 5.70 Å². The van der Waals surface area contributed by atoms with Gasteiger partial charge in [-0.1, -0.05) is 6.58 Å². The standard InChI is InChI=1S/C6H13NS/c1-5(7-4)6(2,3)8/h7-8H,1H2,2-4H3. The van der Waals surface area contributed by atoms with E-state index in [2.05, 4.69) is 24.5 Å². The number of rotatable bonds is 2. The van der Waals surface area contributed by atoms with Gasteiger partial charge in [-0.25, -0.2) is 0 Å². The third kappa shape index (κ3) is 2.26. The Bertz CT molecular complexity index is 91.2. The molecule has 0 aliphatic heterocycles. The van der Waals surface area contributed by atoms with Gasteiger partial charge in [-0.3, -0.25) is 0 Å². The average molecular weight is 131 g/mol. The molecule has 0 heterocycles. The van der Waals surface area contributed by atoms with Crippen LogP contribution in [0.25, 0.3) is 0 Å². The molecule has 1 nitrogen and oxygen atoms in total. The molecule has 48 valence electrons. The van der Waals surface area contributed by atoms with Crippen molar-refractivity contribution in [2.24, 2.45) is 0 Å². The monoisotopic (exact) mass is 131 g/mol. The molecule has 0 amide bonds. The van der Waals surface area contributed by atoms with Crippen LogP contribution in [-0.2, 0) is 0 Å². The van der Waals surface area contributed by atoms with E-state index in [0.29, 0.717) is 0 Å². The molecule has 0 fully saturated rings. The van der Waals surface area contributed by atoms with E-state index in [1.54, 1.807) is 0 Å². The highest BCUT2D eigenvalue weighted by atomic mass is 32.1.